The normalized spacial score (nSPS) is 14.7. The second-order valence-corrected chi connectivity index (χ2v) is 8.71. The van der Waals surface area contributed by atoms with Crippen molar-refractivity contribution in [2.24, 2.45) is 0 Å². The highest BCUT2D eigenvalue weighted by molar-refractivity contribution is 7.19. The Morgan fingerprint density at radius 1 is 1.09 bits per heavy atom. The number of aromatic nitrogens is 1. The fourth-order valence-corrected chi connectivity index (χ4v) is 4.93. The van der Waals surface area contributed by atoms with Gasteiger partial charge in [-0.05, 0) is 62.7 Å². The number of nitrogens with one attached hydrogen (secondary N) is 2. The Morgan fingerprint density at radius 3 is 2.31 bits per heavy atom. The molecule has 1 aliphatic rings. The maximum Gasteiger partial charge on any atom is 0.243 e. The molecule has 10 heteroatoms. The number of carbonyl (C=O) groups is 1. The van der Waals surface area contributed by atoms with E-state index in [0.29, 0.717) is 29.0 Å². The zero-order chi connectivity index (χ0) is 24.1. The van der Waals surface area contributed by atoms with Gasteiger partial charge in [0.05, 0.1) is 44.5 Å². The number of halogens is 1. The van der Waals surface area contributed by atoms with Crippen molar-refractivity contribution in [3.63, 3.8) is 0 Å². The van der Waals surface area contributed by atoms with Gasteiger partial charge in [0.1, 0.15) is 5.75 Å². The third kappa shape index (κ3) is 5.80. The minimum atomic E-state index is -0.192. The smallest absolute Gasteiger partial charge is 0.243 e. The van der Waals surface area contributed by atoms with E-state index in [0.717, 1.165) is 46.8 Å². The molecule has 0 saturated carbocycles. The summed E-state index contributed by atoms with van der Waals surface area (Å²) in [5, 5.41) is 6.75. The molecule has 0 aliphatic carbocycles. The number of thiazole rings is 1. The van der Waals surface area contributed by atoms with Crippen LogP contribution in [0.3, 0.4) is 0 Å². The molecule has 4 rings (SSSR count). The molecule has 1 amide bonds. The van der Waals surface area contributed by atoms with Crippen LogP contribution in [-0.4, -0.2) is 51.4 Å². The van der Waals surface area contributed by atoms with Gasteiger partial charge in [0.25, 0.3) is 0 Å². The molecule has 1 fully saturated rings. The largest absolute Gasteiger partial charge is 0.494 e. The molecule has 2 aromatic carbocycles. The number of benzene rings is 2. The van der Waals surface area contributed by atoms with Gasteiger partial charge in [-0.1, -0.05) is 11.3 Å². The molecule has 1 aromatic heterocycles. The minimum absolute atomic E-state index is 0. The van der Waals surface area contributed by atoms with Crippen LogP contribution in [0.5, 0.6) is 23.0 Å². The van der Waals surface area contributed by atoms with E-state index in [2.05, 4.69) is 10.6 Å². The maximum absolute atomic E-state index is 12.7. The molecule has 2 heterocycles. The lowest BCUT2D eigenvalue weighted by atomic mass is 10.1. The Labute approximate surface area is 215 Å². The van der Waals surface area contributed by atoms with Crippen molar-refractivity contribution in [3.05, 3.63) is 36.4 Å². The molecule has 0 radical (unpaired) electrons. The fraction of sp³-hybridized carbons (Fsp3) is 0.360. The van der Waals surface area contributed by atoms with Crippen molar-refractivity contribution in [1.29, 1.82) is 0 Å². The first-order valence-electron chi connectivity index (χ1n) is 11.2. The zero-order valence-electron chi connectivity index (χ0n) is 20.2. The van der Waals surface area contributed by atoms with Crippen LogP contribution in [-0.2, 0) is 4.79 Å². The number of methoxy groups -OCH3 is 3. The standard InChI is InChI=1S/C25H29N3O5S.ClH/c1-5-33-17-10-8-15(9-11-17)21-23(16-13-19(30-2)22(32-4)20(14-16)31-3)34-25(27-21)28-24(29)18-7-6-12-26-18;/h8-11,13-14,18,26H,5-7,12H2,1-4H3,(H,27,28,29);1H/t18-;/m1./s1. The number of carbonyl (C=O) groups excluding carboxylic acids is 1. The molecule has 1 aliphatic heterocycles. The quantitative estimate of drug-likeness (QED) is 0.410. The lowest BCUT2D eigenvalue weighted by Gasteiger charge is -2.14. The minimum Gasteiger partial charge on any atom is -0.494 e. The number of rotatable bonds is 9. The van der Waals surface area contributed by atoms with E-state index in [1.54, 1.807) is 21.3 Å². The van der Waals surface area contributed by atoms with Crippen molar-refractivity contribution in [2.75, 3.05) is 39.8 Å². The lowest BCUT2D eigenvalue weighted by Crippen LogP contribution is -2.35. The van der Waals surface area contributed by atoms with Gasteiger partial charge in [-0.15, -0.1) is 12.4 Å². The first-order chi connectivity index (χ1) is 16.6. The Hall–Kier alpha value is -3.01. The lowest BCUT2D eigenvalue weighted by molar-refractivity contribution is -0.117. The van der Waals surface area contributed by atoms with E-state index >= 15 is 0 Å². The molecule has 2 N–H and O–H groups in total. The Kier molecular flexibility index (Phi) is 9.20. The van der Waals surface area contributed by atoms with E-state index in [1.165, 1.54) is 11.3 Å². The highest BCUT2D eigenvalue weighted by atomic mass is 35.5. The predicted octanol–water partition coefficient (Wildman–Crippen LogP) is 5.01. The number of anilines is 1. The summed E-state index contributed by atoms with van der Waals surface area (Å²) >= 11 is 1.41. The Morgan fingerprint density at radius 2 is 1.77 bits per heavy atom. The fourth-order valence-electron chi connectivity index (χ4n) is 3.95. The molecule has 0 bridgehead atoms. The summed E-state index contributed by atoms with van der Waals surface area (Å²) in [5.74, 6) is 2.33. The summed E-state index contributed by atoms with van der Waals surface area (Å²) in [6, 6.07) is 11.3. The highest BCUT2D eigenvalue weighted by Gasteiger charge is 2.25. The highest BCUT2D eigenvalue weighted by Crippen LogP contribution is 2.46. The average molecular weight is 520 g/mol. The molecule has 0 spiro atoms. The van der Waals surface area contributed by atoms with Gasteiger partial charge >= 0.3 is 0 Å². The van der Waals surface area contributed by atoms with Crippen LogP contribution in [0, 0.1) is 0 Å². The van der Waals surface area contributed by atoms with Crippen LogP contribution in [0.2, 0.25) is 0 Å². The molecule has 3 aromatic rings. The van der Waals surface area contributed by atoms with Crippen molar-refractivity contribution >= 4 is 34.8 Å². The second-order valence-electron chi connectivity index (χ2n) is 7.71. The van der Waals surface area contributed by atoms with Crippen molar-refractivity contribution < 1.29 is 23.7 Å². The van der Waals surface area contributed by atoms with E-state index < -0.39 is 0 Å². The maximum atomic E-state index is 12.7. The van der Waals surface area contributed by atoms with Gasteiger partial charge < -0.3 is 29.6 Å². The molecule has 1 atom stereocenters. The van der Waals surface area contributed by atoms with E-state index in [-0.39, 0.29) is 24.4 Å². The zero-order valence-corrected chi connectivity index (χ0v) is 21.8. The SMILES string of the molecule is CCOc1ccc(-c2nc(NC(=O)[C@H]3CCCN3)sc2-c2cc(OC)c(OC)c(OC)c2)cc1.Cl. The predicted molar refractivity (Wildman–Crippen MR) is 141 cm³/mol. The first-order valence-corrected chi connectivity index (χ1v) is 12.0. The van der Waals surface area contributed by atoms with Crippen LogP contribution in [0.1, 0.15) is 19.8 Å². The summed E-state index contributed by atoms with van der Waals surface area (Å²) in [5.41, 5.74) is 2.50. The molecule has 35 heavy (non-hydrogen) atoms. The number of hydrogen-bond donors (Lipinski definition) is 2. The van der Waals surface area contributed by atoms with Crippen LogP contribution in [0.25, 0.3) is 21.7 Å². The molecule has 8 nitrogen and oxygen atoms in total. The monoisotopic (exact) mass is 519 g/mol. The topological polar surface area (TPSA) is 90.9 Å². The van der Waals surface area contributed by atoms with Gasteiger partial charge in [0.2, 0.25) is 11.7 Å². The van der Waals surface area contributed by atoms with Crippen LogP contribution in [0.4, 0.5) is 5.13 Å². The number of amides is 1. The van der Waals surface area contributed by atoms with Gasteiger partial charge in [0, 0.05) is 11.1 Å². The van der Waals surface area contributed by atoms with Crippen molar-refractivity contribution in [1.82, 2.24) is 10.3 Å². The summed E-state index contributed by atoms with van der Waals surface area (Å²) < 4.78 is 22.2. The summed E-state index contributed by atoms with van der Waals surface area (Å²) in [6.45, 7) is 3.40. The van der Waals surface area contributed by atoms with Crippen molar-refractivity contribution in [2.45, 2.75) is 25.8 Å². The Balaban J connectivity index is 0.00000342. The van der Waals surface area contributed by atoms with Gasteiger partial charge in [-0.2, -0.15) is 0 Å². The van der Waals surface area contributed by atoms with Gasteiger partial charge in [-0.25, -0.2) is 4.98 Å². The second kappa shape index (κ2) is 12.1. The number of hydrogen-bond acceptors (Lipinski definition) is 8. The van der Waals surface area contributed by atoms with Crippen LogP contribution >= 0.6 is 23.7 Å². The average Bonchev–Trinajstić information content (AvgIpc) is 3.54. The number of ether oxygens (including phenoxy) is 4. The van der Waals surface area contributed by atoms with Gasteiger partial charge in [-0.3, -0.25) is 4.79 Å². The molecular formula is C25H30ClN3O5S. The third-order valence-electron chi connectivity index (χ3n) is 5.60. The molecule has 1 saturated heterocycles. The van der Waals surface area contributed by atoms with Crippen LogP contribution < -0.4 is 29.6 Å². The summed E-state index contributed by atoms with van der Waals surface area (Å²) in [4.78, 5) is 18.4. The molecule has 0 unspecified atom stereocenters. The van der Waals surface area contributed by atoms with Gasteiger partial charge in [0.15, 0.2) is 16.6 Å². The molecule has 188 valence electrons. The van der Waals surface area contributed by atoms with E-state index in [4.69, 9.17) is 23.9 Å². The van der Waals surface area contributed by atoms with E-state index in [9.17, 15) is 4.79 Å². The van der Waals surface area contributed by atoms with E-state index in [1.807, 2.05) is 43.3 Å². The molecular weight excluding hydrogens is 490 g/mol. The van der Waals surface area contributed by atoms with Crippen LogP contribution in [0.15, 0.2) is 36.4 Å². The summed E-state index contributed by atoms with van der Waals surface area (Å²) in [6.07, 6.45) is 1.81. The third-order valence-corrected chi connectivity index (χ3v) is 6.62. The summed E-state index contributed by atoms with van der Waals surface area (Å²) in [7, 11) is 4.74. The first kappa shape index (κ1) is 26.6. The van der Waals surface area contributed by atoms with Crippen molar-refractivity contribution in [3.8, 4) is 44.7 Å². The Bertz CT molecular complexity index is 1120. The number of nitrogens with zero attached hydrogens (tertiary/aromatic N) is 1.